The summed E-state index contributed by atoms with van der Waals surface area (Å²) in [6.07, 6.45) is 75.8. The van der Waals surface area contributed by atoms with Gasteiger partial charge < -0.3 is 34.2 Å². The maximum absolute atomic E-state index is 12.9. The molecule has 0 saturated carbocycles. The van der Waals surface area contributed by atoms with Gasteiger partial charge in [0, 0.05) is 19.3 Å². The summed E-state index contributed by atoms with van der Waals surface area (Å²) < 4.78 is 61.0. The lowest BCUT2D eigenvalue weighted by atomic mass is 10.0. The number of phosphoric ester groups is 2. The molecule has 0 aromatic heterocycles. The summed E-state index contributed by atoms with van der Waals surface area (Å²) in [4.78, 5) is 58.5. The molecule has 0 aromatic carbocycles. The molecule has 4 N–H and O–H groups in total. The summed E-state index contributed by atoms with van der Waals surface area (Å²) in [6.45, 7) is 2.53. The highest BCUT2D eigenvalue weighted by molar-refractivity contribution is 7.47. The Morgan fingerprint density at radius 1 is 0.312 bits per heavy atom. The minimum absolute atomic E-state index is 0.105. The van der Waals surface area contributed by atoms with Crippen LogP contribution in [0.4, 0.5) is 0 Å². The van der Waals surface area contributed by atoms with Gasteiger partial charge in [-0.15, -0.1) is 0 Å². The Morgan fingerprint density at radius 3 is 0.925 bits per heavy atom. The minimum atomic E-state index is -4.93. The molecule has 0 heterocycles. The van der Waals surface area contributed by atoms with Gasteiger partial charge in [0.15, 0.2) is 6.10 Å². The molecule has 18 heteroatoms. The van der Waals surface area contributed by atoms with Crippen molar-refractivity contribution in [2.45, 2.75) is 322 Å². The molecule has 0 aliphatic carbocycles. The predicted molar refractivity (Wildman–Crippen MR) is 381 cm³/mol. The number of rotatable bonds is 69. The number of carbonyl (C=O) groups excluding carboxylic acids is 3. The highest BCUT2D eigenvalue weighted by Gasteiger charge is 2.29. The maximum Gasteiger partial charge on any atom is 0.472 e. The van der Waals surface area contributed by atoms with Crippen molar-refractivity contribution in [1.82, 2.24) is 0 Å². The number of ether oxygens (including phenoxy) is 3. The molecule has 16 nitrogen and oxygen atoms in total. The van der Waals surface area contributed by atoms with Gasteiger partial charge in [0.2, 0.25) is 0 Å². The van der Waals surface area contributed by atoms with Crippen molar-refractivity contribution in [2.75, 3.05) is 39.6 Å². The van der Waals surface area contributed by atoms with Gasteiger partial charge in [0.1, 0.15) is 25.4 Å². The van der Waals surface area contributed by atoms with Crippen molar-refractivity contribution in [3.63, 3.8) is 0 Å². The van der Waals surface area contributed by atoms with Gasteiger partial charge in [-0.3, -0.25) is 32.5 Å². The molecule has 5 atom stereocenters. The summed E-state index contributed by atoms with van der Waals surface area (Å²) in [5.74, 6) is -1.59. The number of carbonyl (C=O) groups is 3. The summed E-state index contributed by atoms with van der Waals surface area (Å²) in [6, 6.07) is 0. The molecule has 0 rings (SSSR count). The first kappa shape index (κ1) is 89.5. The number of hydrogen-bond acceptors (Lipinski definition) is 14. The van der Waals surface area contributed by atoms with Crippen LogP contribution in [0.5, 0.6) is 0 Å². The van der Waals surface area contributed by atoms with Gasteiger partial charge in [-0.05, 0) is 103 Å². The van der Waals surface area contributed by atoms with E-state index in [-0.39, 0.29) is 19.3 Å². The highest BCUT2D eigenvalue weighted by Crippen LogP contribution is 2.45. The van der Waals surface area contributed by atoms with Crippen LogP contribution in [-0.4, -0.2) is 95.9 Å². The van der Waals surface area contributed by atoms with E-state index in [1.54, 1.807) is 0 Å². The van der Waals surface area contributed by atoms with Crippen LogP contribution in [0, 0.1) is 0 Å². The third-order valence-electron chi connectivity index (χ3n) is 15.3. The van der Waals surface area contributed by atoms with E-state index in [2.05, 4.69) is 118 Å². The minimum Gasteiger partial charge on any atom is -0.463 e. The smallest absolute Gasteiger partial charge is 0.463 e. The average molecular weight is 1350 g/mol. The van der Waals surface area contributed by atoms with Crippen molar-refractivity contribution in [3.8, 4) is 0 Å². The first-order valence-electron chi connectivity index (χ1n) is 36.5. The molecule has 538 valence electrons. The second kappa shape index (κ2) is 68.4. The Balaban J connectivity index is 4.63. The van der Waals surface area contributed by atoms with Crippen molar-refractivity contribution in [1.29, 1.82) is 0 Å². The van der Waals surface area contributed by atoms with E-state index in [1.165, 1.54) is 83.5 Å². The second-order valence-electron chi connectivity index (χ2n) is 24.4. The Hall–Kier alpha value is -3.53. The zero-order valence-electron chi connectivity index (χ0n) is 58.4. The zero-order valence-corrected chi connectivity index (χ0v) is 60.2. The average Bonchev–Trinajstić information content (AvgIpc) is 3.74. The molecular weight excluding hydrogens is 1220 g/mol. The fourth-order valence-electron chi connectivity index (χ4n) is 9.72. The topological polar surface area (TPSA) is 231 Å². The van der Waals surface area contributed by atoms with E-state index in [0.29, 0.717) is 19.3 Å². The number of aliphatic hydroxyl groups is 2. The van der Waals surface area contributed by atoms with Crippen LogP contribution in [0.15, 0.2) is 97.2 Å². The van der Waals surface area contributed by atoms with E-state index in [0.717, 1.165) is 161 Å². The molecule has 0 fully saturated rings. The second-order valence-corrected chi connectivity index (χ2v) is 27.3. The van der Waals surface area contributed by atoms with Gasteiger partial charge >= 0.3 is 33.6 Å². The first-order chi connectivity index (χ1) is 45.2. The van der Waals surface area contributed by atoms with E-state index < -0.39 is 91.5 Å². The van der Waals surface area contributed by atoms with Gasteiger partial charge in [-0.1, -0.05) is 279 Å². The molecule has 0 bridgehead atoms. The molecule has 0 spiro atoms. The third kappa shape index (κ3) is 69.6. The lowest BCUT2D eigenvalue weighted by Gasteiger charge is -2.21. The number of aliphatic hydroxyl groups excluding tert-OH is 2. The number of hydrogen-bond donors (Lipinski definition) is 4. The number of esters is 3. The molecule has 0 aromatic rings. The maximum atomic E-state index is 12.9. The van der Waals surface area contributed by atoms with Crippen LogP contribution in [0.25, 0.3) is 0 Å². The zero-order chi connectivity index (χ0) is 68.1. The molecule has 0 saturated heterocycles. The van der Waals surface area contributed by atoms with E-state index in [1.807, 2.05) is 0 Å². The summed E-state index contributed by atoms with van der Waals surface area (Å²) in [7, 11) is -9.78. The monoisotopic (exact) mass is 1350 g/mol. The molecule has 0 aliphatic rings. The summed E-state index contributed by atoms with van der Waals surface area (Å²) in [5.41, 5.74) is 0. The fourth-order valence-corrected chi connectivity index (χ4v) is 11.3. The molecule has 93 heavy (non-hydrogen) atoms. The Labute approximate surface area is 565 Å². The fraction of sp³-hybridized carbons (Fsp3) is 0.747. The van der Waals surface area contributed by atoms with Gasteiger partial charge in [-0.2, -0.15) is 0 Å². The first-order valence-corrected chi connectivity index (χ1v) is 39.5. The predicted octanol–water partition coefficient (Wildman–Crippen LogP) is 20.6. The Morgan fingerprint density at radius 2 is 0.570 bits per heavy atom. The van der Waals surface area contributed by atoms with Crippen molar-refractivity contribution >= 4 is 33.6 Å². The SMILES string of the molecule is CC/C=C\C/C=C\C/C=C\C/C=C\C/C=C\CCCCCCCCCC(=O)OCC(O)COP(=O)(O)OCC(O)COP(=O)(O)OCC(COC(=O)CCCCCCCC/C=C\C/C=C\C/C=C\CCCCC)OC(=O)CCCCCCCCCCCCCCCCC. The molecule has 0 amide bonds. The highest BCUT2D eigenvalue weighted by atomic mass is 31.2. The largest absolute Gasteiger partial charge is 0.472 e. The van der Waals surface area contributed by atoms with E-state index >= 15 is 0 Å². The van der Waals surface area contributed by atoms with Crippen LogP contribution in [-0.2, 0) is 55.8 Å². The lowest BCUT2D eigenvalue weighted by Crippen LogP contribution is -2.30. The normalized spacial score (nSPS) is 14.7. The Kier molecular flexibility index (Phi) is 65.8. The number of phosphoric acid groups is 2. The molecule has 0 radical (unpaired) electrons. The quantitative estimate of drug-likeness (QED) is 0.0146. The molecular formula is C75H132O16P2. The van der Waals surface area contributed by atoms with Crippen LogP contribution in [0.3, 0.4) is 0 Å². The van der Waals surface area contributed by atoms with Gasteiger partial charge in [-0.25, -0.2) is 9.13 Å². The van der Waals surface area contributed by atoms with Crippen molar-refractivity contribution < 1.29 is 75.8 Å². The van der Waals surface area contributed by atoms with Crippen LogP contribution in [0.1, 0.15) is 303 Å². The van der Waals surface area contributed by atoms with Crippen LogP contribution >= 0.6 is 15.6 Å². The number of allylic oxidation sites excluding steroid dienone is 16. The van der Waals surface area contributed by atoms with Crippen LogP contribution in [0.2, 0.25) is 0 Å². The number of unbranched alkanes of at least 4 members (excludes halogenated alkanes) is 30. The third-order valence-corrected chi connectivity index (χ3v) is 17.2. The standard InChI is InChI=1S/C75H132O16P2/c1-4-7-10-13-16-19-22-25-28-30-32-33-34-35-37-39-41-43-46-49-52-55-58-61-73(78)85-64-70(76)65-87-92(81,82)88-66-71(77)67-89-93(83,84)90-69-72(91-75(80)63-60-57-54-51-48-45-40-27-24-21-18-15-12-9-6-3)68-86-74(79)62-59-56-53-50-47-44-42-38-36-31-29-26-23-20-17-14-11-8-5-2/h7,10,16-17,19-20,25-26,28-29,32-33,35-38,70-72,76-77H,4-6,8-9,11-15,18,21-24,27,30-31,34,39-69H2,1-3H3,(H,81,82)(H,83,84)/b10-7-,19-16-,20-17-,28-25-,29-26-,33-32-,37-35-,38-36-. The van der Waals surface area contributed by atoms with Crippen molar-refractivity contribution in [2.24, 2.45) is 0 Å². The van der Waals surface area contributed by atoms with Crippen LogP contribution < -0.4 is 0 Å². The molecule has 5 unspecified atom stereocenters. The Bertz CT molecular complexity index is 2080. The van der Waals surface area contributed by atoms with E-state index in [4.69, 9.17) is 32.3 Å². The van der Waals surface area contributed by atoms with Gasteiger partial charge in [0.05, 0.1) is 26.4 Å². The summed E-state index contributed by atoms with van der Waals surface area (Å²) in [5, 5.41) is 20.6. The molecule has 0 aliphatic heterocycles. The summed E-state index contributed by atoms with van der Waals surface area (Å²) >= 11 is 0. The van der Waals surface area contributed by atoms with E-state index in [9.17, 15) is 43.5 Å². The van der Waals surface area contributed by atoms with Crippen molar-refractivity contribution in [3.05, 3.63) is 97.2 Å². The lowest BCUT2D eigenvalue weighted by molar-refractivity contribution is -0.161. The van der Waals surface area contributed by atoms with Gasteiger partial charge in [0.25, 0.3) is 0 Å².